The molecule has 0 N–H and O–H groups in total. The van der Waals surface area contributed by atoms with Crippen LogP contribution in [-0.4, -0.2) is 46.0 Å². The SMILES string of the molecule is C=CCN1C(=O)CCC12CCN(Cc1c(C)noc1C)CC2. The van der Waals surface area contributed by atoms with Crippen LogP contribution in [0.1, 0.15) is 42.7 Å². The number of likely N-dealkylation sites (tertiary alicyclic amines) is 2. The summed E-state index contributed by atoms with van der Waals surface area (Å²) < 4.78 is 5.25. The number of hydrogen-bond donors (Lipinski definition) is 0. The largest absolute Gasteiger partial charge is 0.361 e. The lowest BCUT2D eigenvalue weighted by Gasteiger charge is -2.44. The highest BCUT2D eigenvalue weighted by atomic mass is 16.5. The molecule has 0 aliphatic carbocycles. The van der Waals surface area contributed by atoms with Crippen LogP contribution in [0.15, 0.2) is 17.2 Å². The highest BCUT2D eigenvalue weighted by molar-refractivity contribution is 5.80. The number of amides is 1. The van der Waals surface area contributed by atoms with Crippen molar-refractivity contribution in [1.82, 2.24) is 15.0 Å². The third-order valence-electron chi connectivity index (χ3n) is 5.34. The first-order valence-electron chi connectivity index (χ1n) is 8.11. The van der Waals surface area contributed by atoms with E-state index >= 15 is 0 Å². The predicted octanol–water partition coefficient (Wildman–Crippen LogP) is 2.43. The second-order valence-electron chi connectivity index (χ2n) is 6.60. The van der Waals surface area contributed by atoms with Crippen LogP contribution in [0.3, 0.4) is 0 Å². The van der Waals surface area contributed by atoms with Crippen molar-refractivity contribution in [2.45, 2.75) is 51.6 Å². The van der Waals surface area contributed by atoms with Crippen molar-refractivity contribution >= 4 is 5.91 Å². The van der Waals surface area contributed by atoms with E-state index in [1.165, 1.54) is 5.56 Å². The van der Waals surface area contributed by atoms with Gasteiger partial charge in [-0.2, -0.15) is 0 Å². The molecular weight excluding hydrogens is 278 g/mol. The van der Waals surface area contributed by atoms with Crippen molar-refractivity contribution < 1.29 is 9.32 Å². The van der Waals surface area contributed by atoms with Crippen molar-refractivity contribution in [3.63, 3.8) is 0 Å². The average Bonchev–Trinajstić information content (AvgIpc) is 2.98. The summed E-state index contributed by atoms with van der Waals surface area (Å²) in [4.78, 5) is 16.6. The number of piperidine rings is 1. The number of hydrogen-bond acceptors (Lipinski definition) is 4. The summed E-state index contributed by atoms with van der Waals surface area (Å²) >= 11 is 0. The van der Waals surface area contributed by atoms with Gasteiger partial charge in [0.1, 0.15) is 5.76 Å². The van der Waals surface area contributed by atoms with Gasteiger partial charge in [0.15, 0.2) is 0 Å². The van der Waals surface area contributed by atoms with Crippen molar-refractivity contribution in [1.29, 1.82) is 0 Å². The van der Waals surface area contributed by atoms with Crippen molar-refractivity contribution in [2.24, 2.45) is 0 Å². The first-order valence-corrected chi connectivity index (χ1v) is 8.11. The Bertz CT molecular complexity index is 551. The Morgan fingerprint density at radius 1 is 1.32 bits per heavy atom. The molecule has 120 valence electrons. The number of aromatic nitrogens is 1. The molecule has 3 rings (SSSR count). The molecule has 2 aliphatic heterocycles. The Balaban J connectivity index is 1.65. The molecule has 0 radical (unpaired) electrons. The summed E-state index contributed by atoms with van der Waals surface area (Å²) in [5.41, 5.74) is 2.27. The van der Waals surface area contributed by atoms with E-state index in [0.717, 1.165) is 50.4 Å². The summed E-state index contributed by atoms with van der Waals surface area (Å²) in [5.74, 6) is 1.21. The highest BCUT2D eigenvalue weighted by Crippen LogP contribution is 2.39. The first kappa shape index (κ1) is 15.3. The van der Waals surface area contributed by atoms with Crippen LogP contribution in [-0.2, 0) is 11.3 Å². The molecule has 0 saturated carbocycles. The minimum Gasteiger partial charge on any atom is -0.361 e. The summed E-state index contributed by atoms with van der Waals surface area (Å²) in [5, 5.41) is 4.03. The molecule has 22 heavy (non-hydrogen) atoms. The predicted molar refractivity (Wildman–Crippen MR) is 84.4 cm³/mol. The molecule has 5 heteroatoms. The maximum atomic E-state index is 12.1. The third kappa shape index (κ3) is 2.58. The monoisotopic (exact) mass is 303 g/mol. The van der Waals surface area contributed by atoms with E-state index in [2.05, 4.69) is 21.5 Å². The Kier molecular flexibility index (Phi) is 4.08. The molecule has 1 spiro atoms. The van der Waals surface area contributed by atoms with Gasteiger partial charge in [0, 0.05) is 43.7 Å². The number of carbonyl (C=O) groups excluding carboxylic acids is 1. The Hall–Kier alpha value is -1.62. The highest BCUT2D eigenvalue weighted by Gasteiger charge is 2.46. The van der Waals surface area contributed by atoms with Gasteiger partial charge in [0.25, 0.3) is 0 Å². The van der Waals surface area contributed by atoms with E-state index < -0.39 is 0 Å². The smallest absolute Gasteiger partial charge is 0.223 e. The summed E-state index contributed by atoms with van der Waals surface area (Å²) in [6.45, 7) is 11.4. The minimum absolute atomic E-state index is 0.0699. The van der Waals surface area contributed by atoms with E-state index in [1.54, 1.807) is 0 Å². The molecule has 1 aromatic heterocycles. The number of nitrogens with zero attached hydrogens (tertiary/aromatic N) is 3. The zero-order valence-corrected chi connectivity index (χ0v) is 13.6. The molecule has 0 atom stereocenters. The van der Waals surface area contributed by atoms with E-state index in [0.29, 0.717) is 18.9 Å². The molecule has 2 aliphatic rings. The summed E-state index contributed by atoms with van der Waals surface area (Å²) in [6, 6.07) is 0. The van der Waals surface area contributed by atoms with Gasteiger partial charge in [-0.05, 0) is 33.1 Å². The number of rotatable bonds is 4. The fourth-order valence-electron chi connectivity index (χ4n) is 3.90. The molecule has 2 fully saturated rings. The quantitative estimate of drug-likeness (QED) is 0.802. The zero-order chi connectivity index (χ0) is 15.7. The fourth-order valence-corrected chi connectivity index (χ4v) is 3.90. The van der Waals surface area contributed by atoms with Crippen LogP contribution in [0.4, 0.5) is 0 Å². The Morgan fingerprint density at radius 3 is 2.64 bits per heavy atom. The van der Waals surface area contributed by atoms with E-state index in [-0.39, 0.29) is 5.54 Å². The molecule has 0 bridgehead atoms. The number of aryl methyl sites for hydroxylation is 2. The molecule has 1 aromatic rings. The van der Waals surface area contributed by atoms with E-state index in [9.17, 15) is 4.79 Å². The Labute approximate surface area is 131 Å². The molecule has 0 unspecified atom stereocenters. The second kappa shape index (κ2) is 5.88. The normalized spacial score (nSPS) is 21.7. The first-order chi connectivity index (χ1) is 10.6. The maximum absolute atomic E-state index is 12.1. The van der Waals surface area contributed by atoms with Gasteiger partial charge in [-0.3, -0.25) is 9.69 Å². The zero-order valence-electron chi connectivity index (χ0n) is 13.6. The lowest BCUT2D eigenvalue weighted by molar-refractivity contribution is -0.131. The lowest BCUT2D eigenvalue weighted by atomic mass is 9.84. The van der Waals surface area contributed by atoms with Gasteiger partial charge in [-0.1, -0.05) is 11.2 Å². The van der Waals surface area contributed by atoms with E-state index in [4.69, 9.17) is 4.52 Å². The molecule has 0 aromatic carbocycles. The molecule has 1 amide bonds. The van der Waals surface area contributed by atoms with Crippen molar-refractivity contribution in [3.05, 3.63) is 29.7 Å². The van der Waals surface area contributed by atoms with Crippen LogP contribution < -0.4 is 0 Å². The average molecular weight is 303 g/mol. The van der Waals surface area contributed by atoms with Crippen LogP contribution in [0, 0.1) is 13.8 Å². The van der Waals surface area contributed by atoms with Gasteiger partial charge in [0.2, 0.25) is 5.91 Å². The van der Waals surface area contributed by atoms with Gasteiger partial charge in [-0.15, -0.1) is 6.58 Å². The maximum Gasteiger partial charge on any atom is 0.223 e. The summed E-state index contributed by atoms with van der Waals surface area (Å²) in [7, 11) is 0. The minimum atomic E-state index is 0.0699. The molecular formula is C17H25N3O2. The van der Waals surface area contributed by atoms with Crippen LogP contribution >= 0.6 is 0 Å². The van der Waals surface area contributed by atoms with E-state index in [1.807, 2.05) is 19.9 Å². The van der Waals surface area contributed by atoms with Gasteiger partial charge < -0.3 is 9.42 Å². The molecule has 3 heterocycles. The fraction of sp³-hybridized carbons (Fsp3) is 0.647. The van der Waals surface area contributed by atoms with Crippen molar-refractivity contribution in [3.8, 4) is 0 Å². The Morgan fingerprint density at radius 2 is 2.05 bits per heavy atom. The van der Waals surface area contributed by atoms with Gasteiger partial charge in [-0.25, -0.2) is 0 Å². The van der Waals surface area contributed by atoms with Crippen LogP contribution in [0.25, 0.3) is 0 Å². The van der Waals surface area contributed by atoms with Crippen LogP contribution in [0.2, 0.25) is 0 Å². The topological polar surface area (TPSA) is 49.6 Å². The standard InChI is InChI=1S/C17H25N3O2/c1-4-9-20-16(21)5-6-17(20)7-10-19(11-8-17)12-15-13(2)18-22-14(15)3/h4H,1,5-12H2,2-3H3. The molecule has 5 nitrogen and oxygen atoms in total. The second-order valence-corrected chi connectivity index (χ2v) is 6.60. The van der Waals surface area contributed by atoms with Gasteiger partial charge >= 0.3 is 0 Å². The van der Waals surface area contributed by atoms with Crippen LogP contribution in [0.5, 0.6) is 0 Å². The van der Waals surface area contributed by atoms with Crippen molar-refractivity contribution in [2.75, 3.05) is 19.6 Å². The number of carbonyl (C=O) groups is 1. The van der Waals surface area contributed by atoms with Gasteiger partial charge in [0.05, 0.1) is 5.69 Å². The molecule has 2 saturated heterocycles. The third-order valence-corrected chi connectivity index (χ3v) is 5.34. The lowest BCUT2D eigenvalue weighted by Crippen LogP contribution is -2.53. The summed E-state index contributed by atoms with van der Waals surface area (Å²) in [6.07, 6.45) is 5.64.